The van der Waals surface area contributed by atoms with Crippen LogP contribution in [0.1, 0.15) is 11.1 Å². The number of carbonyl (C=O) groups is 1. The van der Waals surface area contributed by atoms with Crippen LogP contribution < -0.4 is 14.8 Å². The first kappa shape index (κ1) is 25.6. The first-order chi connectivity index (χ1) is 16.7. The number of rotatable bonds is 8. The molecule has 3 aromatic carbocycles. The van der Waals surface area contributed by atoms with Crippen LogP contribution in [0.4, 0.5) is 11.4 Å². The number of methoxy groups -OCH3 is 1. The van der Waals surface area contributed by atoms with Gasteiger partial charge in [-0.25, -0.2) is 0 Å². The summed E-state index contributed by atoms with van der Waals surface area (Å²) in [7, 11) is 1.45. The number of nitro groups is 1. The molecule has 0 radical (unpaired) electrons. The summed E-state index contributed by atoms with van der Waals surface area (Å²) in [6, 6.07) is 15.5. The fraction of sp³-hybridized carbons (Fsp3) is 0.0833. The van der Waals surface area contributed by atoms with Gasteiger partial charge in [0.25, 0.3) is 11.6 Å². The number of phenols is 1. The number of ether oxygens (including phenoxy) is 2. The number of nitrogens with zero attached hydrogens (tertiary/aromatic N) is 2. The Morgan fingerprint density at radius 3 is 2.66 bits per heavy atom. The molecule has 0 unspecified atom stereocenters. The van der Waals surface area contributed by atoms with E-state index < -0.39 is 16.6 Å². The average molecular weight is 559 g/mol. The molecule has 35 heavy (non-hydrogen) atoms. The highest BCUT2D eigenvalue weighted by Crippen LogP contribution is 2.38. The molecule has 0 fully saturated rings. The zero-order valence-electron chi connectivity index (χ0n) is 18.1. The molecular weight excluding hydrogens is 542 g/mol. The number of anilines is 1. The fourth-order valence-corrected chi connectivity index (χ4v) is 3.74. The molecule has 0 aliphatic rings. The third-order valence-electron chi connectivity index (χ3n) is 4.70. The minimum Gasteiger partial charge on any atom is -0.506 e. The number of nitriles is 1. The van der Waals surface area contributed by atoms with Crippen molar-refractivity contribution in [1.82, 2.24) is 0 Å². The monoisotopic (exact) mass is 557 g/mol. The summed E-state index contributed by atoms with van der Waals surface area (Å²) in [5, 5.41) is 33.2. The largest absolute Gasteiger partial charge is 0.506 e. The SMILES string of the molecule is COc1cc(/C=C(\C#N)C(=O)Nc2ccc([N+](=O)[O-])cc2O)cc(Br)c1OCc1ccccc1Cl. The third kappa shape index (κ3) is 6.29. The zero-order chi connectivity index (χ0) is 25.5. The van der Waals surface area contributed by atoms with E-state index in [2.05, 4.69) is 21.2 Å². The number of aromatic hydroxyl groups is 1. The van der Waals surface area contributed by atoms with Gasteiger partial charge in [0, 0.05) is 16.7 Å². The zero-order valence-corrected chi connectivity index (χ0v) is 20.5. The van der Waals surface area contributed by atoms with E-state index in [1.807, 2.05) is 18.2 Å². The normalized spacial score (nSPS) is 10.9. The van der Waals surface area contributed by atoms with E-state index >= 15 is 0 Å². The Morgan fingerprint density at radius 2 is 2.03 bits per heavy atom. The summed E-state index contributed by atoms with van der Waals surface area (Å²) in [6.45, 7) is 0.189. The summed E-state index contributed by atoms with van der Waals surface area (Å²) in [6.07, 6.45) is 1.32. The van der Waals surface area contributed by atoms with E-state index in [1.165, 1.54) is 19.3 Å². The van der Waals surface area contributed by atoms with Crippen LogP contribution >= 0.6 is 27.5 Å². The molecule has 178 valence electrons. The van der Waals surface area contributed by atoms with Crippen LogP contribution in [0.15, 0.2) is 64.6 Å². The molecule has 1 amide bonds. The Bertz CT molecular complexity index is 1370. The van der Waals surface area contributed by atoms with Crippen LogP contribution in [0.2, 0.25) is 5.02 Å². The highest BCUT2D eigenvalue weighted by molar-refractivity contribution is 9.10. The molecule has 0 aliphatic carbocycles. The molecule has 11 heteroatoms. The second kappa shape index (κ2) is 11.4. The van der Waals surface area contributed by atoms with Gasteiger partial charge >= 0.3 is 0 Å². The molecule has 0 atom stereocenters. The number of phenolic OH excluding ortho intramolecular Hbond substituents is 1. The summed E-state index contributed by atoms with van der Waals surface area (Å²) >= 11 is 9.60. The van der Waals surface area contributed by atoms with Gasteiger partial charge in [-0.05, 0) is 51.8 Å². The van der Waals surface area contributed by atoms with Crippen molar-refractivity contribution in [2.45, 2.75) is 6.61 Å². The quantitative estimate of drug-likeness (QED) is 0.116. The van der Waals surface area contributed by atoms with Crippen LogP contribution in [-0.4, -0.2) is 23.0 Å². The molecule has 0 aromatic heterocycles. The maximum absolute atomic E-state index is 12.6. The number of nitrogens with one attached hydrogen (secondary N) is 1. The molecule has 0 heterocycles. The number of amides is 1. The van der Waals surface area contributed by atoms with Gasteiger partial charge < -0.3 is 19.9 Å². The number of non-ortho nitro benzene ring substituents is 1. The smallest absolute Gasteiger partial charge is 0.273 e. The van der Waals surface area contributed by atoms with Crippen molar-refractivity contribution in [3.63, 3.8) is 0 Å². The van der Waals surface area contributed by atoms with E-state index in [0.717, 1.165) is 17.7 Å². The highest BCUT2D eigenvalue weighted by Gasteiger charge is 2.17. The van der Waals surface area contributed by atoms with Gasteiger partial charge in [-0.3, -0.25) is 14.9 Å². The van der Waals surface area contributed by atoms with Crippen molar-refractivity contribution in [3.05, 3.63) is 90.9 Å². The summed E-state index contributed by atoms with van der Waals surface area (Å²) in [5.41, 5.74) is 0.541. The van der Waals surface area contributed by atoms with Crippen LogP contribution in [0.5, 0.6) is 17.2 Å². The minimum atomic E-state index is -0.814. The molecule has 9 nitrogen and oxygen atoms in total. The first-order valence-electron chi connectivity index (χ1n) is 9.87. The van der Waals surface area contributed by atoms with Gasteiger partial charge in [0.15, 0.2) is 11.5 Å². The van der Waals surface area contributed by atoms with Gasteiger partial charge in [0.1, 0.15) is 24.0 Å². The molecule has 0 saturated heterocycles. The molecule has 3 aromatic rings. The molecule has 0 saturated carbocycles. The van der Waals surface area contributed by atoms with Crippen molar-refractivity contribution >= 4 is 50.9 Å². The van der Waals surface area contributed by atoms with Crippen molar-refractivity contribution in [1.29, 1.82) is 5.26 Å². The Balaban J connectivity index is 1.83. The summed E-state index contributed by atoms with van der Waals surface area (Å²) in [5.74, 6) is -0.563. The topological polar surface area (TPSA) is 135 Å². The number of hydrogen-bond acceptors (Lipinski definition) is 7. The van der Waals surface area contributed by atoms with E-state index in [9.17, 15) is 25.3 Å². The second-order valence-corrected chi connectivity index (χ2v) is 8.26. The number of benzene rings is 3. The summed E-state index contributed by atoms with van der Waals surface area (Å²) in [4.78, 5) is 22.7. The van der Waals surface area contributed by atoms with E-state index in [0.29, 0.717) is 26.6 Å². The standard InChI is InChI=1S/C24H17BrClN3O6/c1-34-22-10-14(9-18(25)23(22)35-13-15-4-2-3-5-19(15)26)8-16(12-27)24(31)28-20-7-6-17(29(32)33)11-21(20)30/h2-11,30H,13H2,1H3,(H,28,31)/b16-8+. The predicted octanol–water partition coefficient (Wildman–Crippen LogP) is 5.85. The molecule has 0 spiro atoms. The lowest BCUT2D eigenvalue weighted by Crippen LogP contribution is -2.13. The predicted molar refractivity (Wildman–Crippen MR) is 133 cm³/mol. The van der Waals surface area contributed by atoms with Gasteiger partial charge in [0.05, 0.1) is 28.3 Å². The average Bonchev–Trinajstić information content (AvgIpc) is 2.83. The fourth-order valence-electron chi connectivity index (χ4n) is 2.97. The number of hydrogen-bond donors (Lipinski definition) is 2. The number of halogens is 2. The number of nitro benzene ring substituents is 1. The summed E-state index contributed by atoms with van der Waals surface area (Å²) < 4.78 is 11.8. The van der Waals surface area contributed by atoms with Gasteiger partial charge in [-0.2, -0.15) is 5.26 Å². The lowest BCUT2D eigenvalue weighted by Gasteiger charge is -2.14. The molecular formula is C24H17BrClN3O6. The van der Waals surface area contributed by atoms with E-state index in [1.54, 1.807) is 24.3 Å². The molecule has 0 bridgehead atoms. The van der Waals surface area contributed by atoms with Crippen molar-refractivity contribution in [2.75, 3.05) is 12.4 Å². The molecule has 0 aliphatic heterocycles. The lowest BCUT2D eigenvalue weighted by molar-refractivity contribution is -0.384. The second-order valence-electron chi connectivity index (χ2n) is 7.00. The third-order valence-corrected chi connectivity index (χ3v) is 5.66. The Kier molecular flexibility index (Phi) is 8.30. The minimum absolute atomic E-state index is 0.0798. The Hall–Kier alpha value is -4.07. The maximum atomic E-state index is 12.6. The van der Waals surface area contributed by atoms with Gasteiger partial charge in [0.2, 0.25) is 0 Å². The van der Waals surface area contributed by atoms with Gasteiger partial charge in [-0.15, -0.1) is 0 Å². The highest BCUT2D eigenvalue weighted by atomic mass is 79.9. The van der Waals surface area contributed by atoms with E-state index in [4.69, 9.17) is 21.1 Å². The van der Waals surface area contributed by atoms with Crippen molar-refractivity contribution in [2.24, 2.45) is 0 Å². The van der Waals surface area contributed by atoms with Crippen LogP contribution in [0, 0.1) is 21.4 Å². The van der Waals surface area contributed by atoms with Crippen molar-refractivity contribution in [3.8, 4) is 23.3 Å². The first-order valence-corrected chi connectivity index (χ1v) is 11.0. The number of carbonyl (C=O) groups excluding carboxylic acids is 1. The van der Waals surface area contributed by atoms with Crippen LogP contribution in [-0.2, 0) is 11.4 Å². The van der Waals surface area contributed by atoms with Crippen molar-refractivity contribution < 1.29 is 24.3 Å². The Morgan fingerprint density at radius 1 is 1.29 bits per heavy atom. The van der Waals surface area contributed by atoms with Crippen LogP contribution in [0.25, 0.3) is 6.08 Å². The van der Waals surface area contributed by atoms with E-state index in [-0.39, 0.29) is 23.6 Å². The lowest BCUT2D eigenvalue weighted by atomic mass is 10.1. The molecule has 3 rings (SSSR count). The maximum Gasteiger partial charge on any atom is 0.273 e. The van der Waals surface area contributed by atoms with Crippen LogP contribution in [0.3, 0.4) is 0 Å². The molecule has 2 N–H and O–H groups in total. The van der Waals surface area contributed by atoms with Gasteiger partial charge in [-0.1, -0.05) is 29.8 Å². The Labute approximate surface area is 213 Å².